The van der Waals surface area contributed by atoms with Crippen LogP contribution in [0, 0.1) is 0 Å². The summed E-state index contributed by atoms with van der Waals surface area (Å²) in [4.78, 5) is 72.1. The molecule has 5 atom stereocenters. The highest BCUT2D eigenvalue weighted by molar-refractivity contribution is 7.47. The first-order valence-corrected chi connectivity index (χ1v) is 39.8. The molecule has 0 aliphatic rings. The molecule has 2 unspecified atom stereocenters. The van der Waals surface area contributed by atoms with Crippen LogP contribution in [0.25, 0.3) is 0 Å². The van der Waals surface area contributed by atoms with Gasteiger partial charge in [-0.1, -0.05) is 317 Å². The maximum atomic E-state index is 13.0. The zero-order valence-corrected chi connectivity index (χ0v) is 59.2. The minimum absolute atomic E-state index is 0.104. The fraction of sp³-hybridized carbons (Fsp3) is 0.943. The van der Waals surface area contributed by atoms with Crippen molar-refractivity contribution in [1.29, 1.82) is 0 Å². The first-order chi connectivity index (χ1) is 43.2. The Morgan fingerprint density at radius 2 is 0.449 bits per heavy atom. The van der Waals surface area contributed by atoms with Crippen molar-refractivity contribution < 1.29 is 80.2 Å². The molecule has 0 aromatic heterocycles. The molecule has 0 saturated carbocycles. The molecule has 0 aliphatic carbocycles. The highest BCUT2D eigenvalue weighted by Crippen LogP contribution is 2.45. The molecule has 0 amide bonds. The van der Waals surface area contributed by atoms with Crippen LogP contribution in [0.2, 0.25) is 0 Å². The Morgan fingerprint density at radius 3 is 0.663 bits per heavy atom. The van der Waals surface area contributed by atoms with Gasteiger partial charge >= 0.3 is 39.5 Å². The summed E-state index contributed by atoms with van der Waals surface area (Å²) in [5.41, 5.74) is 0. The van der Waals surface area contributed by atoms with Crippen molar-refractivity contribution in [3.63, 3.8) is 0 Å². The lowest BCUT2D eigenvalue weighted by molar-refractivity contribution is -0.161. The molecule has 3 N–H and O–H groups in total. The van der Waals surface area contributed by atoms with E-state index in [0.717, 1.165) is 103 Å². The van der Waals surface area contributed by atoms with E-state index in [1.54, 1.807) is 0 Å². The number of carbonyl (C=O) groups excluding carboxylic acids is 4. The van der Waals surface area contributed by atoms with Gasteiger partial charge in [0.1, 0.15) is 19.3 Å². The Hall–Kier alpha value is -1.94. The summed E-state index contributed by atoms with van der Waals surface area (Å²) in [5, 5.41) is 10.5. The molecular formula is C70H136O17P2. The number of aliphatic hydroxyl groups excluding tert-OH is 1. The van der Waals surface area contributed by atoms with Gasteiger partial charge in [0.15, 0.2) is 12.2 Å². The van der Waals surface area contributed by atoms with Crippen molar-refractivity contribution in [1.82, 2.24) is 0 Å². The topological polar surface area (TPSA) is 237 Å². The van der Waals surface area contributed by atoms with E-state index >= 15 is 0 Å². The third kappa shape index (κ3) is 64.6. The Labute approximate surface area is 543 Å². The van der Waals surface area contributed by atoms with Crippen LogP contribution < -0.4 is 0 Å². The van der Waals surface area contributed by atoms with Crippen LogP contribution in [-0.4, -0.2) is 96.7 Å². The SMILES string of the molecule is CCCCCCCCCCCCCCCCCCCCCCCC(=O)O[C@H](COC(=O)CCCCCCCCCCCCCCCCC)COP(=O)(O)OC[C@@H](O)COP(=O)(O)OC[C@@H](COC(=O)CCCCCCC)OC(=O)CCCCCCCCCC. The van der Waals surface area contributed by atoms with Crippen LogP contribution in [-0.2, 0) is 65.4 Å². The van der Waals surface area contributed by atoms with Gasteiger partial charge in [0.25, 0.3) is 0 Å². The fourth-order valence-corrected chi connectivity index (χ4v) is 12.3. The van der Waals surface area contributed by atoms with Crippen LogP contribution in [0.3, 0.4) is 0 Å². The van der Waals surface area contributed by atoms with Gasteiger partial charge in [-0.3, -0.25) is 37.3 Å². The van der Waals surface area contributed by atoms with Gasteiger partial charge < -0.3 is 33.8 Å². The number of rotatable bonds is 71. The number of carbonyl (C=O) groups is 4. The van der Waals surface area contributed by atoms with Crippen molar-refractivity contribution in [3.05, 3.63) is 0 Å². The van der Waals surface area contributed by atoms with Gasteiger partial charge in [0, 0.05) is 25.7 Å². The van der Waals surface area contributed by atoms with Crippen LogP contribution >= 0.6 is 15.6 Å². The smallest absolute Gasteiger partial charge is 0.462 e. The Bertz CT molecular complexity index is 1710. The van der Waals surface area contributed by atoms with E-state index in [9.17, 15) is 43.2 Å². The summed E-state index contributed by atoms with van der Waals surface area (Å²) >= 11 is 0. The van der Waals surface area contributed by atoms with E-state index in [2.05, 4.69) is 27.7 Å². The highest BCUT2D eigenvalue weighted by atomic mass is 31.2. The largest absolute Gasteiger partial charge is 0.472 e. The zero-order chi connectivity index (χ0) is 65.4. The maximum Gasteiger partial charge on any atom is 0.472 e. The van der Waals surface area contributed by atoms with E-state index in [0.29, 0.717) is 25.7 Å². The normalized spacial score (nSPS) is 14.0. The van der Waals surface area contributed by atoms with Gasteiger partial charge in [0.2, 0.25) is 0 Å². The highest BCUT2D eigenvalue weighted by Gasteiger charge is 2.30. The molecule has 89 heavy (non-hydrogen) atoms. The van der Waals surface area contributed by atoms with Gasteiger partial charge in [-0.15, -0.1) is 0 Å². The lowest BCUT2D eigenvalue weighted by Gasteiger charge is -2.21. The standard InChI is InChI=1S/C70H136O17P2/c1-5-9-13-17-20-23-25-27-29-30-31-32-33-34-36-38-40-42-45-49-53-57-70(75)87-66(61-81-68(73)55-51-47-44-41-39-37-35-28-26-24-21-18-14-10-6-2)63-85-89(78,79)83-59-64(71)58-82-88(76,77)84-62-65(60-80-67(72)54-50-46-16-12-8-4)86-69(74)56-52-48-43-22-19-15-11-7-3/h64-66,71H,5-63H2,1-4H3,(H,76,77)(H,78,79)/t64-,65+,66+/m0/s1. The number of ether oxygens (including phenoxy) is 4. The summed E-state index contributed by atoms with van der Waals surface area (Å²) in [7, 11) is -9.88. The second kappa shape index (κ2) is 64.8. The van der Waals surface area contributed by atoms with Crippen molar-refractivity contribution >= 4 is 39.5 Å². The molecule has 17 nitrogen and oxygen atoms in total. The third-order valence-electron chi connectivity index (χ3n) is 16.4. The van der Waals surface area contributed by atoms with Crippen molar-refractivity contribution in [3.8, 4) is 0 Å². The number of unbranched alkanes of at least 4 members (excludes halogenated alkanes) is 45. The number of hydrogen-bond acceptors (Lipinski definition) is 15. The lowest BCUT2D eigenvalue weighted by Crippen LogP contribution is -2.30. The predicted octanol–water partition coefficient (Wildman–Crippen LogP) is 20.3. The van der Waals surface area contributed by atoms with Crippen molar-refractivity contribution in [2.75, 3.05) is 39.6 Å². The van der Waals surface area contributed by atoms with Crippen LogP contribution in [0.1, 0.15) is 368 Å². The molecule has 0 saturated heterocycles. The quantitative estimate of drug-likeness (QED) is 0.0222. The van der Waals surface area contributed by atoms with E-state index < -0.39 is 97.5 Å². The van der Waals surface area contributed by atoms with Crippen LogP contribution in [0.5, 0.6) is 0 Å². The minimum Gasteiger partial charge on any atom is -0.462 e. The Balaban J connectivity index is 5.09. The lowest BCUT2D eigenvalue weighted by atomic mass is 10.0. The third-order valence-corrected chi connectivity index (χ3v) is 18.3. The van der Waals surface area contributed by atoms with Crippen molar-refractivity contribution in [2.45, 2.75) is 386 Å². The van der Waals surface area contributed by atoms with E-state index in [4.69, 9.17) is 37.0 Å². The summed E-state index contributed by atoms with van der Waals surface area (Å²) in [6, 6.07) is 0. The van der Waals surface area contributed by atoms with Crippen molar-refractivity contribution in [2.24, 2.45) is 0 Å². The van der Waals surface area contributed by atoms with Gasteiger partial charge in [0.05, 0.1) is 26.4 Å². The number of esters is 4. The molecule has 0 rings (SSSR count). The Kier molecular flexibility index (Phi) is 63.3. The van der Waals surface area contributed by atoms with E-state index in [1.165, 1.54) is 186 Å². The summed E-state index contributed by atoms with van der Waals surface area (Å²) < 4.78 is 67.9. The molecular weight excluding hydrogens is 1170 g/mol. The number of phosphoric acid groups is 2. The molecule has 0 fully saturated rings. The average Bonchev–Trinajstić information content (AvgIpc) is 3.72. The minimum atomic E-state index is -4.95. The van der Waals surface area contributed by atoms with Crippen LogP contribution in [0.15, 0.2) is 0 Å². The molecule has 0 heterocycles. The second-order valence-corrected chi connectivity index (χ2v) is 28.2. The van der Waals surface area contributed by atoms with Gasteiger partial charge in [-0.25, -0.2) is 9.13 Å². The Morgan fingerprint density at radius 1 is 0.270 bits per heavy atom. The first kappa shape index (κ1) is 87.1. The summed E-state index contributed by atoms with van der Waals surface area (Å²) in [6.07, 6.45) is 53.4. The molecule has 0 aromatic rings. The van der Waals surface area contributed by atoms with Crippen LogP contribution in [0.4, 0.5) is 0 Å². The average molecular weight is 1310 g/mol. The molecule has 0 spiro atoms. The number of phosphoric ester groups is 2. The summed E-state index contributed by atoms with van der Waals surface area (Å²) in [6.45, 7) is 4.82. The second-order valence-electron chi connectivity index (χ2n) is 25.3. The van der Waals surface area contributed by atoms with E-state index in [1.807, 2.05) is 0 Å². The zero-order valence-electron chi connectivity index (χ0n) is 57.4. The van der Waals surface area contributed by atoms with Gasteiger partial charge in [-0.2, -0.15) is 0 Å². The molecule has 0 radical (unpaired) electrons. The monoisotopic (exact) mass is 1310 g/mol. The molecule has 0 bridgehead atoms. The molecule has 0 aliphatic heterocycles. The number of hydrogen-bond donors (Lipinski definition) is 3. The van der Waals surface area contributed by atoms with E-state index in [-0.39, 0.29) is 25.7 Å². The fourth-order valence-electron chi connectivity index (χ4n) is 10.7. The summed E-state index contributed by atoms with van der Waals surface area (Å²) in [5.74, 6) is -2.14. The maximum absolute atomic E-state index is 13.0. The first-order valence-electron chi connectivity index (χ1n) is 36.8. The predicted molar refractivity (Wildman–Crippen MR) is 359 cm³/mol. The number of aliphatic hydroxyl groups is 1. The molecule has 528 valence electrons. The van der Waals surface area contributed by atoms with Gasteiger partial charge in [-0.05, 0) is 25.7 Å². The molecule has 0 aromatic carbocycles. The molecule has 19 heteroatoms.